The van der Waals surface area contributed by atoms with E-state index < -0.39 is 0 Å². The monoisotopic (exact) mass is 285 g/mol. The van der Waals surface area contributed by atoms with Crippen LogP contribution in [0.25, 0.3) is 0 Å². The Kier molecular flexibility index (Phi) is 4.58. The number of hydrogen-bond donors (Lipinski definition) is 1. The molecule has 0 bridgehead atoms. The van der Waals surface area contributed by atoms with Crippen LogP contribution in [-0.2, 0) is 5.41 Å². The summed E-state index contributed by atoms with van der Waals surface area (Å²) in [6.07, 6.45) is 1.53. The molecule has 112 valence electrons. The highest BCUT2D eigenvalue weighted by molar-refractivity contribution is 5.33. The number of nitrogens with zero attached hydrogens (tertiary/aromatic N) is 2. The molecule has 4 heteroatoms. The summed E-state index contributed by atoms with van der Waals surface area (Å²) in [5, 5.41) is 3.30. The van der Waals surface area contributed by atoms with Crippen LogP contribution in [0.3, 0.4) is 0 Å². The summed E-state index contributed by atoms with van der Waals surface area (Å²) in [5.41, 5.74) is 3.55. The molecule has 1 heterocycles. The first kappa shape index (κ1) is 15.4. The van der Waals surface area contributed by atoms with Crippen LogP contribution in [0.1, 0.15) is 43.6 Å². The van der Waals surface area contributed by atoms with Gasteiger partial charge in [-0.15, -0.1) is 0 Å². The van der Waals surface area contributed by atoms with Gasteiger partial charge in [-0.05, 0) is 23.6 Å². The molecule has 1 aromatic carbocycles. The summed E-state index contributed by atoms with van der Waals surface area (Å²) < 4.78 is 5.17. The summed E-state index contributed by atoms with van der Waals surface area (Å²) >= 11 is 0. The number of nitrogens with one attached hydrogen (secondary N) is 1. The summed E-state index contributed by atoms with van der Waals surface area (Å²) in [7, 11) is 3.54. The van der Waals surface area contributed by atoms with Crippen molar-refractivity contribution in [1.82, 2.24) is 15.3 Å². The molecule has 0 fully saturated rings. The number of rotatable bonds is 4. The third-order valence-electron chi connectivity index (χ3n) is 3.57. The molecule has 0 aliphatic heterocycles. The van der Waals surface area contributed by atoms with Crippen LogP contribution in [0.15, 0.2) is 36.7 Å². The lowest BCUT2D eigenvalue weighted by molar-refractivity contribution is 0.395. The molecule has 2 aromatic rings. The zero-order valence-electron chi connectivity index (χ0n) is 13.3. The molecule has 1 unspecified atom stereocenters. The molecular formula is C17H23N3O. The van der Waals surface area contributed by atoms with Crippen LogP contribution < -0.4 is 10.1 Å². The Labute approximate surface area is 126 Å². The molecule has 1 aromatic heterocycles. The minimum absolute atomic E-state index is 0.0240. The van der Waals surface area contributed by atoms with Gasteiger partial charge in [-0.2, -0.15) is 0 Å². The molecule has 0 spiro atoms. The van der Waals surface area contributed by atoms with E-state index >= 15 is 0 Å². The normalized spacial score (nSPS) is 13.0. The molecule has 0 saturated carbocycles. The van der Waals surface area contributed by atoms with Crippen molar-refractivity contribution in [1.29, 1.82) is 0 Å². The van der Waals surface area contributed by atoms with E-state index in [1.54, 1.807) is 7.11 Å². The standard InChI is InChI=1S/C17H23N3O/c1-17(2,3)13-8-6-12(7-9-13)16(18-4)14-10-15(21-5)20-11-19-14/h6-11,16,18H,1-5H3. The molecule has 0 aliphatic rings. The Morgan fingerprint density at radius 3 is 2.29 bits per heavy atom. The van der Waals surface area contributed by atoms with E-state index in [1.165, 1.54) is 17.5 Å². The molecule has 0 saturated heterocycles. The Bertz CT molecular complexity index is 588. The molecule has 2 rings (SSSR count). The van der Waals surface area contributed by atoms with Crippen LogP contribution in [0.5, 0.6) is 5.88 Å². The average molecular weight is 285 g/mol. The van der Waals surface area contributed by atoms with Crippen LogP contribution in [0.2, 0.25) is 0 Å². The summed E-state index contributed by atoms with van der Waals surface area (Å²) in [6, 6.07) is 10.5. The third kappa shape index (κ3) is 3.58. The number of aromatic nitrogens is 2. The maximum atomic E-state index is 5.17. The van der Waals surface area contributed by atoms with Gasteiger partial charge in [-0.25, -0.2) is 9.97 Å². The lowest BCUT2D eigenvalue weighted by Gasteiger charge is -2.21. The molecule has 4 nitrogen and oxygen atoms in total. The van der Waals surface area contributed by atoms with Crippen molar-refractivity contribution in [3.8, 4) is 5.88 Å². The van der Waals surface area contributed by atoms with E-state index in [9.17, 15) is 0 Å². The van der Waals surface area contributed by atoms with E-state index in [-0.39, 0.29) is 11.5 Å². The van der Waals surface area contributed by atoms with Gasteiger partial charge < -0.3 is 10.1 Å². The fourth-order valence-electron chi connectivity index (χ4n) is 2.28. The maximum absolute atomic E-state index is 5.17. The maximum Gasteiger partial charge on any atom is 0.216 e. The van der Waals surface area contributed by atoms with Gasteiger partial charge in [0.2, 0.25) is 5.88 Å². The number of benzene rings is 1. The Balaban J connectivity index is 2.32. The first-order chi connectivity index (χ1) is 9.95. The van der Waals surface area contributed by atoms with Crippen molar-refractivity contribution in [2.75, 3.05) is 14.2 Å². The SMILES string of the molecule is CNC(c1ccc(C(C)(C)C)cc1)c1cc(OC)ncn1. The highest BCUT2D eigenvalue weighted by Gasteiger charge is 2.17. The Morgan fingerprint density at radius 2 is 1.76 bits per heavy atom. The molecule has 21 heavy (non-hydrogen) atoms. The molecule has 1 atom stereocenters. The van der Waals surface area contributed by atoms with Crippen molar-refractivity contribution < 1.29 is 4.74 Å². The minimum atomic E-state index is 0.0240. The van der Waals surface area contributed by atoms with Gasteiger partial charge in [0.05, 0.1) is 18.8 Å². The average Bonchev–Trinajstić information content (AvgIpc) is 2.48. The first-order valence-electron chi connectivity index (χ1n) is 7.09. The lowest BCUT2D eigenvalue weighted by atomic mass is 9.86. The predicted octanol–water partition coefficient (Wildman–Crippen LogP) is 3.09. The van der Waals surface area contributed by atoms with Crippen molar-refractivity contribution in [3.63, 3.8) is 0 Å². The molecule has 0 aliphatic carbocycles. The third-order valence-corrected chi connectivity index (χ3v) is 3.57. The number of methoxy groups -OCH3 is 1. The van der Waals surface area contributed by atoms with Crippen molar-refractivity contribution in [2.45, 2.75) is 32.2 Å². The number of hydrogen-bond acceptors (Lipinski definition) is 4. The van der Waals surface area contributed by atoms with Gasteiger partial charge in [-0.1, -0.05) is 45.0 Å². The molecule has 0 radical (unpaired) electrons. The second-order valence-electron chi connectivity index (χ2n) is 6.08. The van der Waals surface area contributed by atoms with Crippen molar-refractivity contribution in [3.05, 3.63) is 53.5 Å². The summed E-state index contributed by atoms with van der Waals surface area (Å²) in [5.74, 6) is 0.576. The lowest BCUT2D eigenvalue weighted by Crippen LogP contribution is -2.19. The number of ether oxygens (including phenoxy) is 1. The quantitative estimate of drug-likeness (QED) is 0.937. The van der Waals surface area contributed by atoms with Crippen LogP contribution in [0.4, 0.5) is 0 Å². The highest BCUT2D eigenvalue weighted by atomic mass is 16.5. The highest BCUT2D eigenvalue weighted by Crippen LogP contribution is 2.26. The van der Waals surface area contributed by atoms with Gasteiger partial charge in [0, 0.05) is 6.07 Å². The van der Waals surface area contributed by atoms with E-state index in [1.807, 2.05) is 13.1 Å². The van der Waals surface area contributed by atoms with Gasteiger partial charge in [0.25, 0.3) is 0 Å². The zero-order chi connectivity index (χ0) is 15.5. The van der Waals surface area contributed by atoms with E-state index in [0.717, 1.165) is 5.69 Å². The van der Waals surface area contributed by atoms with E-state index in [4.69, 9.17) is 4.74 Å². The largest absolute Gasteiger partial charge is 0.481 e. The second-order valence-corrected chi connectivity index (χ2v) is 6.08. The van der Waals surface area contributed by atoms with Crippen LogP contribution in [0, 0.1) is 0 Å². The van der Waals surface area contributed by atoms with Crippen molar-refractivity contribution in [2.24, 2.45) is 0 Å². The van der Waals surface area contributed by atoms with E-state index in [0.29, 0.717) is 5.88 Å². The van der Waals surface area contributed by atoms with Crippen LogP contribution in [-0.4, -0.2) is 24.1 Å². The smallest absolute Gasteiger partial charge is 0.216 e. The summed E-state index contributed by atoms with van der Waals surface area (Å²) in [4.78, 5) is 8.41. The minimum Gasteiger partial charge on any atom is -0.481 e. The Hall–Kier alpha value is -1.94. The van der Waals surface area contributed by atoms with Crippen molar-refractivity contribution >= 4 is 0 Å². The second kappa shape index (κ2) is 6.22. The van der Waals surface area contributed by atoms with Gasteiger partial charge in [-0.3, -0.25) is 0 Å². The van der Waals surface area contributed by atoms with E-state index in [2.05, 4.69) is 60.3 Å². The topological polar surface area (TPSA) is 47.0 Å². The van der Waals surface area contributed by atoms with Gasteiger partial charge >= 0.3 is 0 Å². The first-order valence-corrected chi connectivity index (χ1v) is 7.09. The fourth-order valence-corrected chi connectivity index (χ4v) is 2.28. The van der Waals surface area contributed by atoms with Crippen LogP contribution >= 0.6 is 0 Å². The fraction of sp³-hybridized carbons (Fsp3) is 0.412. The van der Waals surface area contributed by atoms with Gasteiger partial charge in [0.1, 0.15) is 6.33 Å². The predicted molar refractivity (Wildman–Crippen MR) is 84.6 cm³/mol. The summed E-state index contributed by atoms with van der Waals surface area (Å²) in [6.45, 7) is 6.65. The molecule has 0 amide bonds. The Morgan fingerprint density at radius 1 is 1.10 bits per heavy atom. The van der Waals surface area contributed by atoms with Gasteiger partial charge in [0.15, 0.2) is 0 Å². The molecular weight excluding hydrogens is 262 g/mol. The molecule has 1 N–H and O–H groups in total. The zero-order valence-corrected chi connectivity index (χ0v) is 13.3.